The first-order valence-corrected chi connectivity index (χ1v) is 10.0. The first kappa shape index (κ1) is 19.0. The number of halogens is 1. The summed E-state index contributed by atoms with van der Waals surface area (Å²) in [7, 11) is 3.36. The first-order chi connectivity index (χ1) is 13.7. The number of rotatable bonds is 6. The molecular weight excluding hydrogens is 422 g/mol. The Bertz CT molecular complexity index is 960. The summed E-state index contributed by atoms with van der Waals surface area (Å²) in [4.78, 5) is 6.96. The summed E-state index contributed by atoms with van der Waals surface area (Å²) in [6.45, 7) is 1.59. The van der Waals surface area contributed by atoms with Gasteiger partial charge in [0.1, 0.15) is 11.5 Å². The van der Waals surface area contributed by atoms with Crippen LogP contribution in [0.1, 0.15) is 30.3 Å². The SMILES string of the molecule is COc1ccc(C2CCCN2Cc2nc(-c3cccc(Br)c3)no2)c(OC)c1. The summed E-state index contributed by atoms with van der Waals surface area (Å²) < 4.78 is 17.4. The minimum absolute atomic E-state index is 0.252. The number of likely N-dealkylation sites (tertiary alicyclic amines) is 1. The van der Waals surface area contributed by atoms with E-state index in [4.69, 9.17) is 14.0 Å². The minimum Gasteiger partial charge on any atom is -0.497 e. The summed E-state index contributed by atoms with van der Waals surface area (Å²) in [6.07, 6.45) is 2.18. The van der Waals surface area contributed by atoms with Gasteiger partial charge >= 0.3 is 0 Å². The summed E-state index contributed by atoms with van der Waals surface area (Å²) in [6, 6.07) is 14.1. The topological polar surface area (TPSA) is 60.6 Å². The molecule has 3 aromatic rings. The number of nitrogens with zero attached hydrogens (tertiary/aromatic N) is 3. The zero-order valence-corrected chi connectivity index (χ0v) is 17.5. The Balaban J connectivity index is 1.54. The molecule has 1 aromatic heterocycles. The molecule has 1 atom stereocenters. The lowest BCUT2D eigenvalue weighted by Crippen LogP contribution is -2.23. The molecule has 0 radical (unpaired) electrons. The van der Waals surface area contributed by atoms with E-state index in [1.807, 2.05) is 36.4 Å². The Morgan fingerprint density at radius 1 is 1.18 bits per heavy atom. The van der Waals surface area contributed by atoms with Crippen LogP contribution in [0.4, 0.5) is 0 Å². The third kappa shape index (κ3) is 3.91. The molecule has 2 heterocycles. The van der Waals surface area contributed by atoms with Gasteiger partial charge in [0.25, 0.3) is 0 Å². The van der Waals surface area contributed by atoms with Gasteiger partial charge in [-0.05, 0) is 37.6 Å². The highest BCUT2D eigenvalue weighted by Gasteiger charge is 2.30. The van der Waals surface area contributed by atoms with Crippen LogP contribution in [0.15, 0.2) is 51.5 Å². The van der Waals surface area contributed by atoms with E-state index in [0.29, 0.717) is 18.3 Å². The van der Waals surface area contributed by atoms with E-state index >= 15 is 0 Å². The molecule has 1 unspecified atom stereocenters. The van der Waals surface area contributed by atoms with Gasteiger partial charge in [-0.15, -0.1) is 0 Å². The molecule has 146 valence electrons. The van der Waals surface area contributed by atoms with Gasteiger partial charge in [-0.2, -0.15) is 4.98 Å². The second-order valence-corrected chi connectivity index (χ2v) is 7.67. The number of aromatic nitrogens is 2. The fourth-order valence-electron chi connectivity index (χ4n) is 3.70. The zero-order valence-electron chi connectivity index (χ0n) is 15.9. The maximum atomic E-state index is 5.61. The number of methoxy groups -OCH3 is 2. The Labute approximate surface area is 172 Å². The predicted octanol–water partition coefficient (Wildman–Crippen LogP) is 4.85. The molecule has 0 aliphatic carbocycles. The Kier molecular flexibility index (Phi) is 5.64. The van der Waals surface area contributed by atoms with Crippen molar-refractivity contribution in [1.29, 1.82) is 0 Å². The second-order valence-electron chi connectivity index (χ2n) is 6.76. The highest BCUT2D eigenvalue weighted by Crippen LogP contribution is 2.39. The van der Waals surface area contributed by atoms with Gasteiger partial charge in [-0.3, -0.25) is 4.90 Å². The largest absolute Gasteiger partial charge is 0.497 e. The van der Waals surface area contributed by atoms with E-state index in [2.05, 4.69) is 37.0 Å². The van der Waals surface area contributed by atoms with Gasteiger partial charge < -0.3 is 14.0 Å². The van der Waals surface area contributed by atoms with E-state index in [0.717, 1.165) is 46.5 Å². The molecule has 0 amide bonds. The third-order valence-electron chi connectivity index (χ3n) is 5.05. The van der Waals surface area contributed by atoms with Crippen molar-refractivity contribution >= 4 is 15.9 Å². The van der Waals surface area contributed by atoms with Gasteiger partial charge in [0.15, 0.2) is 0 Å². The Hall–Kier alpha value is -2.38. The van der Waals surface area contributed by atoms with Gasteiger partial charge in [0, 0.05) is 27.7 Å². The molecule has 28 heavy (non-hydrogen) atoms. The van der Waals surface area contributed by atoms with E-state index < -0.39 is 0 Å². The Morgan fingerprint density at radius 2 is 2.07 bits per heavy atom. The molecule has 6 nitrogen and oxygen atoms in total. The molecule has 4 rings (SSSR count). The summed E-state index contributed by atoms with van der Waals surface area (Å²) in [5.74, 6) is 2.86. The maximum Gasteiger partial charge on any atom is 0.241 e. The van der Waals surface area contributed by atoms with Gasteiger partial charge in [-0.25, -0.2) is 0 Å². The van der Waals surface area contributed by atoms with Crippen LogP contribution in [0.25, 0.3) is 11.4 Å². The molecule has 2 aromatic carbocycles. The van der Waals surface area contributed by atoms with Gasteiger partial charge in [0.05, 0.1) is 20.8 Å². The second kappa shape index (κ2) is 8.32. The molecule has 7 heteroatoms. The van der Waals surface area contributed by atoms with Gasteiger partial charge in [0.2, 0.25) is 11.7 Å². The average Bonchev–Trinajstić information content (AvgIpc) is 3.37. The lowest BCUT2D eigenvalue weighted by Gasteiger charge is -2.25. The van der Waals surface area contributed by atoms with Gasteiger partial charge in [-0.1, -0.05) is 39.3 Å². The van der Waals surface area contributed by atoms with Crippen LogP contribution in [0.5, 0.6) is 11.5 Å². The highest BCUT2D eigenvalue weighted by atomic mass is 79.9. The number of hydrogen-bond acceptors (Lipinski definition) is 6. The van der Waals surface area contributed by atoms with Crippen LogP contribution >= 0.6 is 15.9 Å². The quantitative estimate of drug-likeness (QED) is 0.542. The summed E-state index contributed by atoms with van der Waals surface area (Å²) >= 11 is 3.48. The molecule has 0 spiro atoms. The van der Waals surface area contributed by atoms with Crippen LogP contribution in [0, 0.1) is 0 Å². The lowest BCUT2D eigenvalue weighted by molar-refractivity contribution is 0.209. The normalized spacial score (nSPS) is 17.0. The molecule has 1 aliphatic rings. The van der Waals surface area contributed by atoms with Crippen molar-refractivity contribution in [3.05, 3.63) is 58.4 Å². The monoisotopic (exact) mass is 443 g/mol. The van der Waals surface area contributed by atoms with E-state index in [9.17, 15) is 0 Å². The summed E-state index contributed by atoms with van der Waals surface area (Å²) in [5.41, 5.74) is 2.09. The van der Waals surface area contributed by atoms with Crippen molar-refractivity contribution < 1.29 is 14.0 Å². The van der Waals surface area contributed by atoms with Crippen LogP contribution < -0.4 is 9.47 Å². The number of benzene rings is 2. The smallest absolute Gasteiger partial charge is 0.241 e. The van der Waals surface area contributed by atoms with Crippen molar-refractivity contribution in [2.24, 2.45) is 0 Å². The van der Waals surface area contributed by atoms with E-state index in [1.54, 1.807) is 14.2 Å². The van der Waals surface area contributed by atoms with Crippen LogP contribution in [0.3, 0.4) is 0 Å². The average molecular weight is 444 g/mol. The van der Waals surface area contributed by atoms with E-state index in [-0.39, 0.29) is 6.04 Å². The zero-order chi connectivity index (χ0) is 19.5. The van der Waals surface area contributed by atoms with Crippen molar-refractivity contribution in [3.63, 3.8) is 0 Å². The number of hydrogen-bond donors (Lipinski definition) is 0. The van der Waals surface area contributed by atoms with Crippen LogP contribution in [-0.2, 0) is 6.54 Å². The molecule has 1 fully saturated rings. The van der Waals surface area contributed by atoms with Crippen LogP contribution in [0.2, 0.25) is 0 Å². The molecule has 0 bridgehead atoms. The van der Waals surface area contributed by atoms with Crippen molar-refractivity contribution in [2.75, 3.05) is 20.8 Å². The fraction of sp³-hybridized carbons (Fsp3) is 0.333. The number of ether oxygens (including phenoxy) is 2. The predicted molar refractivity (Wildman–Crippen MR) is 109 cm³/mol. The van der Waals surface area contributed by atoms with Crippen LogP contribution in [-0.4, -0.2) is 35.8 Å². The van der Waals surface area contributed by atoms with Crippen molar-refractivity contribution in [2.45, 2.75) is 25.4 Å². The Morgan fingerprint density at radius 3 is 2.86 bits per heavy atom. The molecular formula is C21H22BrN3O3. The van der Waals surface area contributed by atoms with E-state index in [1.165, 1.54) is 0 Å². The highest BCUT2D eigenvalue weighted by molar-refractivity contribution is 9.10. The van der Waals surface area contributed by atoms with Crippen molar-refractivity contribution in [1.82, 2.24) is 15.0 Å². The lowest BCUT2D eigenvalue weighted by atomic mass is 10.0. The molecule has 1 saturated heterocycles. The summed E-state index contributed by atoms with van der Waals surface area (Å²) in [5, 5.41) is 4.15. The fourth-order valence-corrected chi connectivity index (χ4v) is 4.10. The standard InChI is InChI=1S/C21H22BrN3O3/c1-26-16-8-9-17(19(12-16)27-2)18-7-4-10-25(18)13-20-23-21(24-28-20)14-5-3-6-15(22)11-14/h3,5-6,8-9,11-12,18H,4,7,10,13H2,1-2H3. The van der Waals surface area contributed by atoms with Crippen molar-refractivity contribution in [3.8, 4) is 22.9 Å². The minimum atomic E-state index is 0.252. The maximum absolute atomic E-state index is 5.61. The first-order valence-electron chi connectivity index (χ1n) is 9.22. The molecule has 0 saturated carbocycles. The third-order valence-corrected chi connectivity index (χ3v) is 5.55. The molecule has 0 N–H and O–H groups in total. The molecule has 1 aliphatic heterocycles.